The number of allylic oxidation sites excluding steroid dienone is 4. The van der Waals surface area contributed by atoms with Crippen LogP contribution < -0.4 is 5.73 Å². The van der Waals surface area contributed by atoms with Gasteiger partial charge in [0.15, 0.2) is 6.10 Å². The van der Waals surface area contributed by atoms with Gasteiger partial charge in [-0.2, -0.15) is 0 Å². The number of carboxylic acid groups (broad SMARTS) is 1. The van der Waals surface area contributed by atoms with E-state index in [1.54, 1.807) is 0 Å². The van der Waals surface area contributed by atoms with Crippen molar-refractivity contribution in [1.82, 2.24) is 0 Å². The predicted octanol–water partition coefficient (Wildman–Crippen LogP) is 13.4. The molecular weight excluding hydrogens is 781 g/mol. The summed E-state index contributed by atoms with van der Waals surface area (Å²) in [5.74, 6) is -2.42. The summed E-state index contributed by atoms with van der Waals surface area (Å²) in [6.45, 7) is 2.80. The molecule has 0 saturated heterocycles. The first-order valence-electron chi connectivity index (χ1n) is 24.4. The van der Waals surface area contributed by atoms with Gasteiger partial charge in [-0.15, -0.1) is 0 Å². The van der Waals surface area contributed by atoms with Gasteiger partial charge in [0.1, 0.15) is 12.6 Å². The molecule has 12 heteroatoms. The highest BCUT2D eigenvalue weighted by Crippen LogP contribution is 2.43. The Kier molecular flexibility index (Phi) is 42.1. The summed E-state index contributed by atoms with van der Waals surface area (Å²) >= 11 is 0. The van der Waals surface area contributed by atoms with E-state index in [1.807, 2.05) is 6.08 Å². The van der Waals surface area contributed by atoms with Gasteiger partial charge in [0.2, 0.25) is 0 Å². The van der Waals surface area contributed by atoms with Crippen molar-refractivity contribution in [2.45, 2.75) is 244 Å². The fourth-order valence-electron chi connectivity index (χ4n) is 6.87. The van der Waals surface area contributed by atoms with Crippen molar-refractivity contribution in [3.8, 4) is 0 Å². The van der Waals surface area contributed by atoms with Gasteiger partial charge in [-0.1, -0.05) is 205 Å². The molecule has 0 aromatic rings. The van der Waals surface area contributed by atoms with Crippen LogP contribution in [0, 0.1) is 0 Å². The third kappa shape index (κ3) is 42.6. The molecule has 0 bridgehead atoms. The van der Waals surface area contributed by atoms with E-state index in [0.29, 0.717) is 19.3 Å². The first-order chi connectivity index (χ1) is 29.1. The van der Waals surface area contributed by atoms with Crippen LogP contribution in [0.2, 0.25) is 0 Å². The SMILES string of the molecule is CCCCCCCCCCC/C=C/C/C=C/CCCC(=O)OC[C@H](COP(=O)(O)OC[C@H](N)C(=O)O)OC(=O)CCCCCCCCCCCCCCCCCCCCC. The topological polar surface area (TPSA) is 172 Å². The van der Waals surface area contributed by atoms with Crippen LogP contribution in [-0.4, -0.2) is 59.9 Å². The Bertz CT molecular complexity index is 1120. The normalized spacial score (nSPS) is 13.8. The molecule has 0 aromatic carbocycles. The van der Waals surface area contributed by atoms with Crippen molar-refractivity contribution < 1.29 is 47.5 Å². The lowest BCUT2D eigenvalue weighted by molar-refractivity contribution is -0.161. The lowest BCUT2D eigenvalue weighted by Crippen LogP contribution is -2.34. The van der Waals surface area contributed by atoms with Gasteiger partial charge in [-0.25, -0.2) is 4.57 Å². The van der Waals surface area contributed by atoms with E-state index < -0.39 is 51.1 Å². The minimum Gasteiger partial charge on any atom is -0.480 e. The predicted molar refractivity (Wildman–Crippen MR) is 245 cm³/mol. The first-order valence-corrected chi connectivity index (χ1v) is 25.9. The van der Waals surface area contributed by atoms with Gasteiger partial charge < -0.3 is 25.2 Å². The number of hydrogen-bond donors (Lipinski definition) is 3. The molecule has 60 heavy (non-hydrogen) atoms. The van der Waals surface area contributed by atoms with Crippen LogP contribution in [0.3, 0.4) is 0 Å². The van der Waals surface area contributed by atoms with Crippen LogP contribution in [0.15, 0.2) is 24.3 Å². The molecule has 0 aliphatic carbocycles. The molecule has 11 nitrogen and oxygen atoms in total. The molecule has 0 aliphatic rings. The molecule has 0 radical (unpaired) electrons. The number of phosphoric ester groups is 1. The molecule has 352 valence electrons. The van der Waals surface area contributed by atoms with Crippen molar-refractivity contribution in [2.24, 2.45) is 5.73 Å². The fraction of sp³-hybridized carbons (Fsp3) is 0.854. The summed E-state index contributed by atoms with van der Waals surface area (Å²) in [7, 11) is -4.72. The maximum absolute atomic E-state index is 12.7. The van der Waals surface area contributed by atoms with Crippen LogP contribution >= 0.6 is 7.82 Å². The number of carboxylic acids is 1. The Balaban J connectivity index is 4.31. The highest BCUT2D eigenvalue weighted by molar-refractivity contribution is 7.47. The molecular formula is C48H90NO10P. The second-order valence-corrected chi connectivity index (χ2v) is 18.1. The van der Waals surface area contributed by atoms with E-state index in [9.17, 15) is 23.8 Å². The Morgan fingerprint density at radius 1 is 0.517 bits per heavy atom. The maximum Gasteiger partial charge on any atom is 0.472 e. The number of hydrogen-bond acceptors (Lipinski definition) is 9. The van der Waals surface area contributed by atoms with Gasteiger partial charge in [0.25, 0.3) is 0 Å². The van der Waals surface area contributed by atoms with Crippen molar-refractivity contribution in [3.63, 3.8) is 0 Å². The van der Waals surface area contributed by atoms with Crippen molar-refractivity contribution in [3.05, 3.63) is 24.3 Å². The number of aliphatic carboxylic acids is 1. The fourth-order valence-corrected chi connectivity index (χ4v) is 7.65. The molecule has 0 saturated carbocycles. The van der Waals surface area contributed by atoms with E-state index in [-0.39, 0.29) is 19.4 Å². The van der Waals surface area contributed by atoms with Gasteiger partial charge in [0.05, 0.1) is 13.2 Å². The van der Waals surface area contributed by atoms with E-state index in [2.05, 4.69) is 36.6 Å². The molecule has 0 heterocycles. The molecule has 1 unspecified atom stereocenters. The number of nitrogens with two attached hydrogens (primary N) is 1. The summed E-state index contributed by atoms with van der Waals surface area (Å²) in [4.78, 5) is 46.1. The molecule has 4 N–H and O–H groups in total. The van der Waals surface area contributed by atoms with E-state index in [4.69, 9.17) is 24.8 Å². The summed E-state index contributed by atoms with van der Waals surface area (Å²) in [5, 5.41) is 8.91. The van der Waals surface area contributed by atoms with Crippen LogP contribution in [0.1, 0.15) is 232 Å². The van der Waals surface area contributed by atoms with Crippen molar-refractivity contribution in [1.29, 1.82) is 0 Å². The summed E-state index contributed by atoms with van der Waals surface area (Å²) in [6.07, 6.45) is 46.8. The van der Waals surface area contributed by atoms with Gasteiger partial charge in [-0.05, 0) is 38.5 Å². The largest absolute Gasteiger partial charge is 0.480 e. The third-order valence-corrected chi connectivity index (χ3v) is 11.7. The van der Waals surface area contributed by atoms with Crippen LogP contribution in [0.4, 0.5) is 0 Å². The van der Waals surface area contributed by atoms with E-state index in [1.165, 1.54) is 154 Å². The number of rotatable bonds is 46. The van der Waals surface area contributed by atoms with Gasteiger partial charge in [0, 0.05) is 12.8 Å². The average molecular weight is 872 g/mol. The average Bonchev–Trinajstić information content (AvgIpc) is 3.22. The molecule has 0 aliphatic heterocycles. The first kappa shape index (κ1) is 58.0. The number of esters is 2. The monoisotopic (exact) mass is 872 g/mol. The smallest absolute Gasteiger partial charge is 0.472 e. The molecule has 0 amide bonds. The zero-order valence-corrected chi connectivity index (χ0v) is 39.2. The minimum absolute atomic E-state index is 0.158. The number of ether oxygens (including phenoxy) is 2. The zero-order chi connectivity index (χ0) is 44.2. The number of carbonyl (C=O) groups is 3. The Labute approximate surface area is 366 Å². The highest BCUT2D eigenvalue weighted by Gasteiger charge is 2.28. The highest BCUT2D eigenvalue weighted by atomic mass is 31.2. The number of unbranched alkanes of at least 4 members (excludes halogenated alkanes) is 28. The van der Waals surface area contributed by atoms with Gasteiger partial charge >= 0.3 is 25.7 Å². The van der Waals surface area contributed by atoms with Gasteiger partial charge in [-0.3, -0.25) is 23.4 Å². The van der Waals surface area contributed by atoms with Crippen molar-refractivity contribution >= 4 is 25.7 Å². The van der Waals surface area contributed by atoms with Crippen LogP contribution in [0.25, 0.3) is 0 Å². The van der Waals surface area contributed by atoms with E-state index in [0.717, 1.165) is 32.1 Å². The Morgan fingerprint density at radius 3 is 1.35 bits per heavy atom. The molecule has 0 aromatic heterocycles. The standard InChI is InChI=1S/C48H90NO10P/c1-3-5-7-9-11-13-15-17-19-21-22-24-26-28-30-32-34-36-38-40-47(51)59-44(42-57-60(54,55)58-43-45(49)48(52)53)41-56-46(50)39-37-35-33-31-29-27-25-23-20-18-16-14-12-10-8-6-4-2/h25,27,31,33,44-45H,3-24,26,28-30,32,34-43,49H2,1-2H3,(H,52,53)(H,54,55)/b27-25+,33-31+/t44-,45+/m1/s1. The van der Waals surface area contributed by atoms with E-state index >= 15 is 0 Å². The zero-order valence-electron chi connectivity index (χ0n) is 38.3. The Morgan fingerprint density at radius 2 is 0.900 bits per heavy atom. The minimum atomic E-state index is -4.72. The molecule has 0 fully saturated rings. The lowest BCUT2D eigenvalue weighted by Gasteiger charge is -2.20. The third-order valence-electron chi connectivity index (χ3n) is 10.7. The summed E-state index contributed by atoms with van der Waals surface area (Å²) in [5.41, 5.74) is 5.34. The lowest BCUT2D eigenvalue weighted by atomic mass is 10.0. The van der Waals surface area contributed by atoms with Crippen LogP contribution in [0.5, 0.6) is 0 Å². The number of carbonyl (C=O) groups excluding carboxylic acids is 2. The molecule has 3 atom stereocenters. The quantitative estimate of drug-likeness (QED) is 0.0230. The molecule has 0 spiro atoms. The molecule has 0 rings (SSSR count). The van der Waals surface area contributed by atoms with Crippen molar-refractivity contribution in [2.75, 3.05) is 19.8 Å². The summed E-state index contributed by atoms with van der Waals surface area (Å²) < 4.78 is 32.7. The second kappa shape index (κ2) is 43.6. The number of phosphoric acid groups is 1. The second-order valence-electron chi connectivity index (χ2n) is 16.6. The Hall–Kier alpha value is -2.04. The maximum atomic E-state index is 12.7. The summed E-state index contributed by atoms with van der Waals surface area (Å²) in [6, 6.07) is -1.52. The van der Waals surface area contributed by atoms with Crippen LogP contribution in [-0.2, 0) is 37.5 Å².